The second-order valence-corrected chi connectivity index (χ2v) is 9.75. The lowest BCUT2D eigenvalue weighted by Gasteiger charge is -2.37. The van der Waals surface area contributed by atoms with E-state index in [1.807, 2.05) is 7.05 Å². The third-order valence-corrected chi connectivity index (χ3v) is 7.25. The Labute approximate surface area is 224 Å². The molecule has 0 saturated heterocycles. The SMILES string of the molecule is CNc1nc(N)nc2c1C([C@H]1CC[C@@H](NCc3ccc(Br)cc3OC(F)(F)F)CC1)CCC2.Cl.Cl. The van der Waals surface area contributed by atoms with Gasteiger partial charge in [-0.3, -0.25) is 0 Å². The van der Waals surface area contributed by atoms with Crippen molar-refractivity contribution >= 4 is 52.5 Å². The van der Waals surface area contributed by atoms with E-state index in [-0.39, 0.29) is 36.6 Å². The van der Waals surface area contributed by atoms with Crippen LogP contribution in [0.4, 0.5) is 24.9 Å². The Morgan fingerprint density at radius 1 is 1.11 bits per heavy atom. The number of hydrogen-bond acceptors (Lipinski definition) is 6. The smallest absolute Gasteiger partial charge is 0.405 e. The number of nitrogens with zero attached hydrogens (tertiary/aromatic N) is 2. The van der Waals surface area contributed by atoms with Crippen LogP contribution in [0.5, 0.6) is 5.75 Å². The standard InChI is InChI=1S/C23H29BrF3N5O.2ClH/c1-29-21-20-17(3-2-4-18(20)31-22(28)32-21)13-6-9-16(10-7-13)30-12-14-5-8-15(24)11-19(14)33-23(25,26)27;;/h5,8,11,13,16-17,30H,2-4,6-7,9-10,12H2,1H3,(H3,28,29,31,32);2*1H/t13-,16+,17?;;. The molecule has 1 fully saturated rings. The van der Waals surface area contributed by atoms with Crippen molar-refractivity contribution < 1.29 is 17.9 Å². The van der Waals surface area contributed by atoms with Gasteiger partial charge in [-0.25, -0.2) is 4.98 Å². The number of halogens is 6. The first-order valence-corrected chi connectivity index (χ1v) is 12.1. The number of anilines is 2. The predicted molar refractivity (Wildman–Crippen MR) is 140 cm³/mol. The van der Waals surface area contributed by atoms with Crippen LogP contribution in [0.3, 0.4) is 0 Å². The fourth-order valence-corrected chi connectivity index (χ4v) is 5.63. The average Bonchev–Trinajstić information content (AvgIpc) is 2.77. The summed E-state index contributed by atoms with van der Waals surface area (Å²) in [5, 5.41) is 6.64. The minimum Gasteiger partial charge on any atom is -0.405 e. The Morgan fingerprint density at radius 3 is 2.49 bits per heavy atom. The molecule has 2 aromatic rings. The van der Waals surface area contributed by atoms with Crippen LogP contribution in [0.2, 0.25) is 0 Å². The molecule has 0 bridgehead atoms. The molecule has 2 aliphatic carbocycles. The van der Waals surface area contributed by atoms with E-state index >= 15 is 0 Å². The topological polar surface area (TPSA) is 85.1 Å². The third-order valence-electron chi connectivity index (χ3n) is 6.76. The summed E-state index contributed by atoms with van der Waals surface area (Å²) in [5.74, 6) is 1.94. The second-order valence-electron chi connectivity index (χ2n) is 8.83. The van der Waals surface area contributed by atoms with Crippen LogP contribution in [0.1, 0.15) is 61.3 Å². The first-order chi connectivity index (χ1) is 15.7. The molecule has 4 N–H and O–H groups in total. The van der Waals surface area contributed by atoms with Crippen LogP contribution in [-0.4, -0.2) is 29.4 Å². The Bertz CT molecular complexity index is 973. The van der Waals surface area contributed by atoms with Gasteiger partial charge in [0.25, 0.3) is 0 Å². The second kappa shape index (κ2) is 12.7. The predicted octanol–water partition coefficient (Wildman–Crippen LogP) is 6.37. The van der Waals surface area contributed by atoms with E-state index in [1.54, 1.807) is 12.1 Å². The van der Waals surface area contributed by atoms with Crippen molar-refractivity contribution in [2.75, 3.05) is 18.1 Å². The lowest BCUT2D eigenvalue weighted by Crippen LogP contribution is -2.35. The zero-order chi connectivity index (χ0) is 23.6. The Kier molecular flexibility index (Phi) is 10.8. The van der Waals surface area contributed by atoms with Gasteiger partial charge in [0, 0.05) is 35.2 Å². The Morgan fingerprint density at radius 2 is 1.83 bits per heavy atom. The van der Waals surface area contributed by atoms with E-state index in [9.17, 15) is 13.2 Å². The molecule has 1 atom stereocenters. The van der Waals surface area contributed by atoms with Gasteiger partial charge in [0.1, 0.15) is 11.6 Å². The number of nitrogens with two attached hydrogens (primary N) is 1. The van der Waals surface area contributed by atoms with E-state index < -0.39 is 6.36 Å². The molecule has 6 nitrogen and oxygen atoms in total. The average molecular weight is 601 g/mol. The zero-order valence-electron chi connectivity index (χ0n) is 19.3. The number of alkyl halides is 3. The first kappa shape index (κ1) is 29.7. The number of hydrogen-bond donors (Lipinski definition) is 3. The normalized spacial score (nSPS) is 21.8. The largest absolute Gasteiger partial charge is 0.573 e. The maximum absolute atomic E-state index is 12.8. The number of benzene rings is 1. The summed E-state index contributed by atoms with van der Waals surface area (Å²) in [6.45, 7) is 0.331. The molecule has 1 aromatic carbocycles. The van der Waals surface area contributed by atoms with Crippen LogP contribution in [-0.2, 0) is 13.0 Å². The van der Waals surface area contributed by atoms with Crippen molar-refractivity contribution in [2.45, 2.75) is 69.8 Å². The maximum Gasteiger partial charge on any atom is 0.573 e. The Hall–Kier alpha value is -1.49. The van der Waals surface area contributed by atoms with Crippen molar-refractivity contribution in [3.63, 3.8) is 0 Å². The third kappa shape index (κ3) is 7.50. The van der Waals surface area contributed by atoms with Gasteiger partial charge in [-0.2, -0.15) is 4.98 Å². The van der Waals surface area contributed by atoms with Gasteiger partial charge in [-0.15, -0.1) is 38.0 Å². The first-order valence-electron chi connectivity index (χ1n) is 11.3. The van der Waals surface area contributed by atoms with Gasteiger partial charge in [-0.05, 0) is 68.9 Å². The molecular formula is C23H31BrCl2F3N5O. The van der Waals surface area contributed by atoms with Crippen molar-refractivity contribution in [3.05, 3.63) is 39.5 Å². The molecule has 1 heterocycles. The number of ether oxygens (including phenoxy) is 1. The molecule has 0 radical (unpaired) electrons. The molecule has 0 spiro atoms. The molecule has 0 amide bonds. The van der Waals surface area contributed by atoms with Crippen LogP contribution in [0.15, 0.2) is 22.7 Å². The molecule has 1 saturated carbocycles. The van der Waals surface area contributed by atoms with Gasteiger partial charge >= 0.3 is 6.36 Å². The van der Waals surface area contributed by atoms with Gasteiger partial charge in [0.05, 0.1) is 5.69 Å². The fraction of sp³-hybridized carbons (Fsp3) is 0.565. The number of nitrogen functional groups attached to an aromatic ring is 1. The van der Waals surface area contributed by atoms with E-state index in [1.165, 1.54) is 11.6 Å². The van der Waals surface area contributed by atoms with Gasteiger partial charge < -0.3 is 21.1 Å². The molecule has 1 aromatic heterocycles. The minimum absolute atomic E-state index is 0. The summed E-state index contributed by atoms with van der Waals surface area (Å²) in [5.41, 5.74) is 8.67. The molecule has 0 aliphatic heterocycles. The highest BCUT2D eigenvalue weighted by molar-refractivity contribution is 9.10. The quantitative estimate of drug-likeness (QED) is 0.357. The number of rotatable bonds is 6. The number of fused-ring (bicyclic) bond motifs is 1. The summed E-state index contributed by atoms with van der Waals surface area (Å²) >= 11 is 3.21. The minimum atomic E-state index is -4.72. The number of nitrogens with one attached hydrogen (secondary N) is 2. The molecule has 4 rings (SSSR count). The summed E-state index contributed by atoms with van der Waals surface area (Å²) in [6.07, 6.45) is 2.50. The van der Waals surface area contributed by atoms with Crippen LogP contribution < -0.4 is 21.1 Å². The van der Waals surface area contributed by atoms with Crippen LogP contribution >= 0.6 is 40.7 Å². The molecule has 1 unspecified atom stereocenters. The van der Waals surface area contributed by atoms with Crippen molar-refractivity contribution in [2.24, 2.45) is 5.92 Å². The summed E-state index contributed by atoms with van der Waals surface area (Å²) in [6, 6.07) is 5.01. The number of aryl methyl sites for hydroxylation is 1. The lowest BCUT2D eigenvalue weighted by atomic mass is 9.71. The molecular weight excluding hydrogens is 570 g/mol. The van der Waals surface area contributed by atoms with Crippen molar-refractivity contribution in [1.29, 1.82) is 0 Å². The maximum atomic E-state index is 12.8. The zero-order valence-corrected chi connectivity index (χ0v) is 22.5. The molecule has 2 aliphatic rings. The van der Waals surface area contributed by atoms with Gasteiger partial charge in [0.15, 0.2) is 0 Å². The number of aromatic nitrogens is 2. The summed E-state index contributed by atoms with van der Waals surface area (Å²) in [7, 11) is 1.87. The molecule has 12 heteroatoms. The van der Waals surface area contributed by atoms with Crippen LogP contribution in [0, 0.1) is 5.92 Å². The highest BCUT2D eigenvalue weighted by Crippen LogP contribution is 2.45. The monoisotopic (exact) mass is 599 g/mol. The van der Waals surface area contributed by atoms with E-state index in [2.05, 4.69) is 41.3 Å². The highest BCUT2D eigenvalue weighted by Gasteiger charge is 2.35. The van der Waals surface area contributed by atoms with Gasteiger partial charge in [-0.1, -0.05) is 22.0 Å². The van der Waals surface area contributed by atoms with Gasteiger partial charge in [0.2, 0.25) is 5.95 Å². The summed E-state index contributed by atoms with van der Waals surface area (Å²) < 4.78 is 43.1. The lowest BCUT2D eigenvalue weighted by molar-refractivity contribution is -0.274. The van der Waals surface area contributed by atoms with Crippen molar-refractivity contribution in [3.8, 4) is 5.75 Å². The molecule has 35 heavy (non-hydrogen) atoms. The highest BCUT2D eigenvalue weighted by atomic mass is 79.9. The van der Waals surface area contributed by atoms with Crippen LogP contribution in [0.25, 0.3) is 0 Å². The molecule has 196 valence electrons. The van der Waals surface area contributed by atoms with E-state index in [0.717, 1.165) is 56.5 Å². The Balaban J connectivity index is 0.00000216. The fourth-order valence-electron chi connectivity index (χ4n) is 5.28. The van der Waals surface area contributed by atoms with E-state index in [0.29, 0.717) is 34.4 Å². The van der Waals surface area contributed by atoms with Crippen molar-refractivity contribution in [1.82, 2.24) is 15.3 Å². The van der Waals surface area contributed by atoms with E-state index in [4.69, 9.17) is 5.73 Å². The summed E-state index contributed by atoms with van der Waals surface area (Å²) in [4.78, 5) is 8.92.